The lowest BCUT2D eigenvalue weighted by molar-refractivity contribution is 0.0275. The number of fused-ring (bicyclic) bond motifs is 1. The number of ether oxygens (including phenoxy) is 2. The van der Waals surface area contributed by atoms with Crippen molar-refractivity contribution in [1.82, 2.24) is 4.57 Å². The second-order valence-corrected chi connectivity index (χ2v) is 4.66. The van der Waals surface area contributed by atoms with Crippen LogP contribution >= 0.6 is 0 Å². The number of hydrogen-bond donors (Lipinski definition) is 0. The van der Waals surface area contributed by atoms with Crippen molar-refractivity contribution >= 4 is 16.9 Å². The molecule has 20 heavy (non-hydrogen) atoms. The van der Waals surface area contributed by atoms with Gasteiger partial charge in [0.15, 0.2) is 6.23 Å². The van der Waals surface area contributed by atoms with E-state index in [1.54, 1.807) is 0 Å². The zero-order valence-electron chi connectivity index (χ0n) is 11.4. The zero-order chi connectivity index (χ0) is 13.9. The number of benzene rings is 1. The minimum Gasteiger partial charge on any atom is -0.461 e. The Morgan fingerprint density at radius 1 is 1.45 bits per heavy atom. The van der Waals surface area contributed by atoms with Crippen LogP contribution in [0.15, 0.2) is 42.5 Å². The van der Waals surface area contributed by atoms with Crippen molar-refractivity contribution in [2.45, 2.75) is 19.6 Å². The molecule has 0 radical (unpaired) electrons. The summed E-state index contributed by atoms with van der Waals surface area (Å²) in [5.41, 5.74) is 1.51. The van der Waals surface area contributed by atoms with Gasteiger partial charge in [0.1, 0.15) is 5.69 Å². The van der Waals surface area contributed by atoms with Crippen LogP contribution < -0.4 is 0 Å². The Kier molecular flexibility index (Phi) is 3.56. The summed E-state index contributed by atoms with van der Waals surface area (Å²) in [6, 6.07) is 9.75. The van der Waals surface area contributed by atoms with Crippen LogP contribution in [0.25, 0.3) is 10.9 Å². The van der Waals surface area contributed by atoms with Gasteiger partial charge in [-0.25, -0.2) is 4.79 Å². The Morgan fingerprint density at radius 2 is 2.30 bits per heavy atom. The van der Waals surface area contributed by atoms with E-state index < -0.39 is 0 Å². The van der Waals surface area contributed by atoms with E-state index in [4.69, 9.17) is 9.47 Å². The van der Waals surface area contributed by atoms with Gasteiger partial charge in [0.2, 0.25) is 0 Å². The van der Waals surface area contributed by atoms with Gasteiger partial charge in [-0.15, -0.1) is 0 Å². The van der Waals surface area contributed by atoms with Gasteiger partial charge in [0.25, 0.3) is 0 Å². The fourth-order valence-corrected chi connectivity index (χ4v) is 2.50. The minimum absolute atomic E-state index is 0.247. The number of carbonyl (C=O) groups excluding carboxylic acids is 1. The molecule has 0 unspecified atom stereocenters. The Hall–Kier alpha value is -2.07. The normalized spacial score (nSPS) is 18.4. The molecule has 2 heterocycles. The lowest BCUT2D eigenvalue weighted by Gasteiger charge is -2.22. The van der Waals surface area contributed by atoms with E-state index >= 15 is 0 Å². The van der Waals surface area contributed by atoms with Gasteiger partial charge in [-0.3, -0.25) is 0 Å². The SMILES string of the molecule is CCOC(=O)c1cc2ccccc2n1[C@@H]1C=CCCO1. The summed E-state index contributed by atoms with van der Waals surface area (Å²) in [6.07, 6.45) is 4.73. The Morgan fingerprint density at radius 3 is 3.05 bits per heavy atom. The maximum Gasteiger partial charge on any atom is 0.355 e. The largest absolute Gasteiger partial charge is 0.461 e. The van der Waals surface area contributed by atoms with Crippen molar-refractivity contribution < 1.29 is 14.3 Å². The first-order chi connectivity index (χ1) is 9.81. The first-order valence-electron chi connectivity index (χ1n) is 6.86. The molecule has 0 saturated heterocycles. The van der Waals surface area contributed by atoms with E-state index in [-0.39, 0.29) is 12.2 Å². The minimum atomic E-state index is -0.314. The number of para-hydroxylation sites is 1. The molecule has 4 heteroatoms. The maximum absolute atomic E-state index is 12.2. The molecule has 0 saturated carbocycles. The number of rotatable bonds is 3. The summed E-state index contributed by atoms with van der Waals surface area (Å²) in [4.78, 5) is 12.2. The van der Waals surface area contributed by atoms with Gasteiger partial charge in [-0.1, -0.05) is 24.3 Å². The van der Waals surface area contributed by atoms with Crippen molar-refractivity contribution in [1.29, 1.82) is 0 Å². The van der Waals surface area contributed by atoms with Crippen LogP contribution in [0.3, 0.4) is 0 Å². The monoisotopic (exact) mass is 271 g/mol. The number of nitrogens with zero attached hydrogens (tertiary/aromatic N) is 1. The van der Waals surface area contributed by atoms with Crippen LogP contribution in [0.2, 0.25) is 0 Å². The van der Waals surface area contributed by atoms with Crippen LogP contribution in [-0.4, -0.2) is 23.8 Å². The molecule has 0 amide bonds. The van der Waals surface area contributed by atoms with Crippen molar-refractivity contribution in [3.63, 3.8) is 0 Å². The molecule has 104 valence electrons. The molecular formula is C16H17NO3. The molecule has 1 atom stereocenters. The highest BCUT2D eigenvalue weighted by Crippen LogP contribution is 2.27. The molecule has 1 aliphatic heterocycles. The van der Waals surface area contributed by atoms with Gasteiger partial charge < -0.3 is 14.0 Å². The molecule has 0 spiro atoms. The number of esters is 1. The molecule has 1 aromatic carbocycles. The molecule has 0 aliphatic carbocycles. The first kappa shape index (κ1) is 12.9. The van der Waals surface area contributed by atoms with E-state index in [1.807, 2.05) is 47.9 Å². The van der Waals surface area contributed by atoms with Crippen LogP contribution in [0.5, 0.6) is 0 Å². The van der Waals surface area contributed by atoms with Crippen LogP contribution in [0, 0.1) is 0 Å². The molecule has 0 bridgehead atoms. The smallest absolute Gasteiger partial charge is 0.355 e. The van der Waals surface area contributed by atoms with Crippen LogP contribution in [-0.2, 0) is 9.47 Å². The van der Waals surface area contributed by atoms with Gasteiger partial charge in [0, 0.05) is 5.39 Å². The third kappa shape index (κ3) is 2.23. The second kappa shape index (κ2) is 5.51. The first-order valence-corrected chi connectivity index (χ1v) is 6.86. The van der Waals surface area contributed by atoms with Gasteiger partial charge >= 0.3 is 5.97 Å². The molecule has 1 aromatic heterocycles. The highest BCUT2D eigenvalue weighted by atomic mass is 16.5. The molecule has 3 rings (SSSR count). The second-order valence-electron chi connectivity index (χ2n) is 4.66. The van der Waals surface area contributed by atoms with Crippen LogP contribution in [0.4, 0.5) is 0 Å². The summed E-state index contributed by atoms with van der Waals surface area (Å²) in [5, 5.41) is 1.01. The number of hydrogen-bond acceptors (Lipinski definition) is 3. The summed E-state index contributed by atoms with van der Waals surface area (Å²) >= 11 is 0. The van der Waals surface area contributed by atoms with Crippen molar-refractivity contribution in [3.05, 3.63) is 48.2 Å². The van der Waals surface area contributed by atoms with Crippen molar-refractivity contribution in [3.8, 4) is 0 Å². The number of aromatic nitrogens is 1. The zero-order valence-corrected chi connectivity index (χ0v) is 11.4. The highest BCUT2D eigenvalue weighted by Gasteiger charge is 2.22. The summed E-state index contributed by atoms with van der Waals surface area (Å²) in [5.74, 6) is -0.314. The fraction of sp³-hybridized carbons (Fsp3) is 0.312. The Bertz CT molecular complexity index is 657. The molecule has 0 N–H and O–H groups in total. The highest BCUT2D eigenvalue weighted by molar-refractivity contribution is 5.95. The molecular weight excluding hydrogens is 254 g/mol. The van der Waals surface area contributed by atoms with Gasteiger partial charge in [-0.05, 0) is 31.6 Å². The Labute approximate surface area is 117 Å². The topological polar surface area (TPSA) is 40.5 Å². The van der Waals surface area contributed by atoms with Crippen LogP contribution in [0.1, 0.15) is 30.1 Å². The van der Waals surface area contributed by atoms with Crippen molar-refractivity contribution in [2.75, 3.05) is 13.2 Å². The predicted molar refractivity (Wildman–Crippen MR) is 76.6 cm³/mol. The fourth-order valence-electron chi connectivity index (χ4n) is 2.50. The summed E-state index contributed by atoms with van der Waals surface area (Å²) < 4.78 is 12.8. The van der Waals surface area contributed by atoms with E-state index in [1.165, 1.54) is 0 Å². The maximum atomic E-state index is 12.2. The Balaban J connectivity index is 2.14. The quantitative estimate of drug-likeness (QED) is 0.635. The van der Waals surface area contributed by atoms with E-state index in [9.17, 15) is 4.79 Å². The molecule has 1 aliphatic rings. The average Bonchev–Trinajstić information content (AvgIpc) is 2.88. The average molecular weight is 271 g/mol. The van der Waals surface area contributed by atoms with Crippen molar-refractivity contribution in [2.24, 2.45) is 0 Å². The number of carbonyl (C=O) groups is 1. The van der Waals surface area contributed by atoms with E-state index in [2.05, 4.69) is 6.08 Å². The molecule has 0 fully saturated rings. The molecule has 2 aromatic rings. The summed E-state index contributed by atoms with van der Waals surface area (Å²) in [6.45, 7) is 2.83. The predicted octanol–water partition coefficient (Wildman–Crippen LogP) is 3.29. The van der Waals surface area contributed by atoms with Gasteiger partial charge in [0.05, 0.1) is 18.7 Å². The third-order valence-electron chi connectivity index (χ3n) is 3.36. The lowest BCUT2D eigenvalue weighted by atomic mass is 10.2. The standard InChI is InChI=1S/C16H17NO3/c1-2-19-16(18)14-11-12-7-3-4-8-13(12)17(14)15-9-5-6-10-20-15/h3-5,7-9,11,15H,2,6,10H2,1H3/t15-/m0/s1. The third-order valence-corrected chi connectivity index (χ3v) is 3.36. The van der Waals surface area contributed by atoms with E-state index in [0.29, 0.717) is 18.9 Å². The van der Waals surface area contributed by atoms with E-state index in [0.717, 1.165) is 17.3 Å². The lowest BCUT2D eigenvalue weighted by Crippen LogP contribution is -2.19. The van der Waals surface area contributed by atoms with Gasteiger partial charge in [-0.2, -0.15) is 0 Å². The summed E-state index contributed by atoms with van der Waals surface area (Å²) in [7, 11) is 0. The molecule has 4 nitrogen and oxygen atoms in total.